The first-order valence-corrected chi connectivity index (χ1v) is 10.1. The molecule has 1 aromatic heterocycles. The van der Waals surface area contributed by atoms with Crippen molar-refractivity contribution in [1.82, 2.24) is 10.6 Å². The minimum absolute atomic E-state index is 0.0268. The summed E-state index contributed by atoms with van der Waals surface area (Å²) in [6.45, 7) is 6.58. The van der Waals surface area contributed by atoms with Crippen molar-refractivity contribution in [2.45, 2.75) is 53.0 Å². The van der Waals surface area contributed by atoms with Crippen LogP contribution in [0.25, 0.3) is 11.0 Å². The van der Waals surface area contributed by atoms with E-state index in [0.29, 0.717) is 34.1 Å². The van der Waals surface area contributed by atoms with Crippen molar-refractivity contribution >= 4 is 28.8 Å². The number of aromatic hydroxyl groups is 1. The van der Waals surface area contributed by atoms with Crippen molar-refractivity contribution in [3.8, 4) is 5.75 Å². The highest BCUT2D eigenvalue weighted by molar-refractivity contribution is 5.88. The number of phenols is 1. The molecule has 4 N–H and O–H groups in total. The van der Waals surface area contributed by atoms with Crippen LogP contribution in [0.3, 0.4) is 0 Å². The minimum Gasteiger partial charge on any atom is -0.508 e. The zero-order valence-electron chi connectivity index (χ0n) is 18.1. The second kappa shape index (κ2) is 10.1. The Kier molecular flexibility index (Phi) is 7.79. The van der Waals surface area contributed by atoms with Gasteiger partial charge in [-0.15, -0.1) is 0 Å². The summed E-state index contributed by atoms with van der Waals surface area (Å²) in [5, 5.41) is 24.5. The molecule has 0 aliphatic rings. The average molecular weight is 432 g/mol. The monoisotopic (exact) mass is 432 g/mol. The summed E-state index contributed by atoms with van der Waals surface area (Å²) in [6.07, 6.45) is 0.647. The highest BCUT2D eigenvalue weighted by atomic mass is 16.4. The summed E-state index contributed by atoms with van der Waals surface area (Å²) in [6, 6.07) is 2.14. The minimum atomic E-state index is -1.13. The lowest BCUT2D eigenvalue weighted by Gasteiger charge is -2.20. The molecule has 2 atom stereocenters. The van der Waals surface area contributed by atoms with E-state index in [4.69, 9.17) is 4.42 Å². The summed E-state index contributed by atoms with van der Waals surface area (Å²) in [4.78, 5) is 47.8. The second-order valence-corrected chi connectivity index (χ2v) is 7.63. The predicted octanol–water partition coefficient (Wildman–Crippen LogP) is 1.78. The van der Waals surface area contributed by atoms with E-state index < -0.39 is 29.5 Å². The highest BCUT2D eigenvalue weighted by Crippen LogP contribution is 2.28. The quantitative estimate of drug-likeness (QED) is 0.442. The first-order valence-electron chi connectivity index (χ1n) is 10.1. The van der Waals surface area contributed by atoms with Gasteiger partial charge in [-0.25, -0.2) is 9.59 Å². The highest BCUT2D eigenvalue weighted by Gasteiger charge is 2.25. The van der Waals surface area contributed by atoms with Crippen LogP contribution in [-0.2, 0) is 20.8 Å². The van der Waals surface area contributed by atoms with Gasteiger partial charge in [-0.3, -0.25) is 9.59 Å². The molecule has 0 saturated carbocycles. The number of benzene rings is 1. The molecule has 0 aliphatic heterocycles. The van der Waals surface area contributed by atoms with E-state index in [1.165, 1.54) is 6.07 Å². The van der Waals surface area contributed by atoms with Crippen LogP contribution >= 0.6 is 0 Å². The molecule has 0 saturated heterocycles. The molecule has 0 fully saturated rings. The van der Waals surface area contributed by atoms with Crippen LogP contribution in [0.4, 0.5) is 0 Å². The Bertz CT molecular complexity index is 1060. The van der Waals surface area contributed by atoms with E-state index in [2.05, 4.69) is 10.6 Å². The Hall–Kier alpha value is -3.36. The number of carboxylic acid groups (broad SMARTS) is 1. The Labute approximate surface area is 179 Å². The maximum absolute atomic E-state index is 12.4. The summed E-state index contributed by atoms with van der Waals surface area (Å²) in [7, 11) is 0. The van der Waals surface area contributed by atoms with Gasteiger partial charge in [0.2, 0.25) is 11.8 Å². The van der Waals surface area contributed by atoms with E-state index in [1.54, 1.807) is 26.8 Å². The Morgan fingerprint density at radius 3 is 2.42 bits per heavy atom. The Morgan fingerprint density at radius 1 is 1.13 bits per heavy atom. The van der Waals surface area contributed by atoms with Gasteiger partial charge in [-0.1, -0.05) is 20.3 Å². The molecule has 0 aliphatic carbocycles. The summed E-state index contributed by atoms with van der Waals surface area (Å²) in [5.74, 6) is -2.41. The van der Waals surface area contributed by atoms with Gasteiger partial charge >= 0.3 is 11.6 Å². The standard InChI is InChI=1S/C22H28N2O7/c1-5-11(2)19(21(28)29)24-18(27)10-23-17(26)9-7-15-12(3)14-6-8-16(25)13(4)20(14)31-22(15)30/h6,8,11,19,25H,5,7,9-10H2,1-4H3,(H,23,26)(H,24,27)(H,28,29)/t11-,19+/m0/s1. The predicted molar refractivity (Wildman–Crippen MR) is 114 cm³/mol. The SMILES string of the molecule is CC[C@H](C)[C@@H](NC(=O)CNC(=O)CCc1c(C)c2ccc(O)c(C)c2oc1=O)C(=O)O. The Balaban J connectivity index is 1.99. The molecule has 2 aromatic rings. The van der Waals surface area contributed by atoms with Crippen molar-refractivity contribution < 1.29 is 29.0 Å². The zero-order valence-corrected chi connectivity index (χ0v) is 18.1. The normalized spacial score (nSPS) is 12.9. The van der Waals surface area contributed by atoms with Gasteiger partial charge in [-0.2, -0.15) is 0 Å². The van der Waals surface area contributed by atoms with E-state index in [9.17, 15) is 29.4 Å². The maximum atomic E-state index is 12.4. The molecule has 1 aromatic carbocycles. The van der Waals surface area contributed by atoms with Crippen LogP contribution in [0.5, 0.6) is 5.75 Å². The third-order valence-corrected chi connectivity index (χ3v) is 5.52. The van der Waals surface area contributed by atoms with E-state index in [1.807, 2.05) is 6.92 Å². The fourth-order valence-corrected chi connectivity index (χ4v) is 3.28. The molecule has 1 heterocycles. The van der Waals surface area contributed by atoms with Gasteiger partial charge in [0, 0.05) is 22.9 Å². The number of rotatable bonds is 9. The van der Waals surface area contributed by atoms with E-state index in [0.717, 1.165) is 0 Å². The summed E-state index contributed by atoms with van der Waals surface area (Å²) in [5.41, 5.74) is 1.20. The van der Waals surface area contributed by atoms with Gasteiger partial charge in [0.05, 0.1) is 6.54 Å². The fourth-order valence-electron chi connectivity index (χ4n) is 3.28. The number of phenolic OH excluding ortho intramolecular Hbond substituents is 1. The number of amides is 2. The number of aliphatic carboxylic acids is 1. The van der Waals surface area contributed by atoms with E-state index in [-0.39, 0.29) is 31.1 Å². The topological polar surface area (TPSA) is 146 Å². The van der Waals surface area contributed by atoms with Crippen LogP contribution in [0, 0.1) is 19.8 Å². The maximum Gasteiger partial charge on any atom is 0.339 e. The number of aryl methyl sites for hydroxylation is 2. The smallest absolute Gasteiger partial charge is 0.339 e. The van der Waals surface area contributed by atoms with Crippen LogP contribution in [-0.4, -0.2) is 40.6 Å². The molecular formula is C22H28N2O7. The molecule has 168 valence electrons. The van der Waals surface area contributed by atoms with Crippen molar-refractivity contribution in [3.63, 3.8) is 0 Å². The molecule has 2 amide bonds. The Morgan fingerprint density at radius 2 is 1.81 bits per heavy atom. The molecule has 0 unspecified atom stereocenters. The fraction of sp³-hybridized carbons (Fsp3) is 0.455. The van der Waals surface area contributed by atoms with E-state index >= 15 is 0 Å². The van der Waals surface area contributed by atoms with Crippen molar-refractivity contribution in [2.24, 2.45) is 5.92 Å². The van der Waals surface area contributed by atoms with Crippen LogP contribution in [0.15, 0.2) is 21.3 Å². The molecule has 2 rings (SSSR count). The lowest BCUT2D eigenvalue weighted by atomic mass is 9.99. The summed E-state index contributed by atoms with van der Waals surface area (Å²) >= 11 is 0. The lowest BCUT2D eigenvalue weighted by Crippen LogP contribution is -2.48. The van der Waals surface area contributed by atoms with Crippen molar-refractivity contribution in [2.75, 3.05) is 6.54 Å². The molecule has 9 nitrogen and oxygen atoms in total. The third-order valence-electron chi connectivity index (χ3n) is 5.52. The molecule has 0 bridgehead atoms. The number of hydrogen-bond donors (Lipinski definition) is 4. The number of hydrogen-bond acceptors (Lipinski definition) is 6. The molecular weight excluding hydrogens is 404 g/mol. The molecule has 9 heteroatoms. The van der Waals surface area contributed by atoms with Crippen LogP contribution in [0.2, 0.25) is 0 Å². The number of carbonyl (C=O) groups is 3. The lowest BCUT2D eigenvalue weighted by molar-refractivity contribution is -0.143. The summed E-state index contributed by atoms with van der Waals surface area (Å²) < 4.78 is 5.35. The van der Waals surface area contributed by atoms with Gasteiger partial charge in [0.15, 0.2) is 0 Å². The second-order valence-electron chi connectivity index (χ2n) is 7.63. The first-order chi connectivity index (χ1) is 14.6. The number of nitrogens with one attached hydrogen (secondary N) is 2. The van der Waals surface area contributed by atoms with Gasteiger partial charge in [0.25, 0.3) is 0 Å². The molecule has 0 spiro atoms. The number of carboxylic acids is 1. The largest absolute Gasteiger partial charge is 0.508 e. The average Bonchev–Trinajstić information content (AvgIpc) is 2.72. The van der Waals surface area contributed by atoms with Gasteiger partial charge < -0.3 is 25.3 Å². The molecule has 0 radical (unpaired) electrons. The van der Waals surface area contributed by atoms with Crippen LogP contribution in [0.1, 0.15) is 43.4 Å². The zero-order chi connectivity index (χ0) is 23.3. The van der Waals surface area contributed by atoms with Gasteiger partial charge in [-0.05, 0) is 43.9 Å². The molecule has 31 heavy (non-hydrogen) atoms. The van der Waals surface area contributed by atoms with Crippen molar-refractivity contribution in [1.29, 1.82) is 0 Å². The number of carbonyl (C=O) groups excluding carboxylic acids is 2. The van der Waals surface area contributed by atoms with Crippen molar-refractivity contribution in [3.05, 3.63) is 39.2 Å². The third kappa shape index (κ3) is 5.62. The van der Waals surface area contributed by atoms with Gasteiger partial charge in [0.1, 0.15) is 17.4 Å². The number of fused-ring (bicyclic) bond motifs is 1. The first kappa shape index (κ1) is 23.9. The van der Waals surface area contributed by atoms with Crippen LogP contribution < -0.4 is 16.3 Å².